The first-order valence-corrected chi connectivity index (χ1v) is 8.34. The summed E-state index contributed by atoms with van der Waals surface area (Å²) in [6.07, 6.45) is 0.821. The topological polar surface area (TPSA) is 97.1 Å². The fourth-order valence-electron chi connectivity index (χ4n) is 1.85. The highest BCUT2D eigenvalue weighted by Gasteiger charge is 2.16. The second kappa shape index (κ2) is 9.58. The molecule has 130 valence electrons. The van der Waals surface area contributed by atoms with E-state index in [1.54, 1.807) is 17.5 Å². The summed E-state index contributed by atoms with van der Waals surface area (Å²) < 4.78 is 0. The van der Waals surface area contributed by atoms with Crippen molar-refractivity contribution < 1.29 is 9.59 Å². The van der Waals surface area contributed by atoms with Gasteiger partial charge < -0.3 is 16.4 Å². The maximum absolute atomic E-state index is 12.3. The number of carbonyl (C=O) groups excluding carboxylic acids is 2. The molecule has 2 rings (SSSR count). The maximum atomic E-state index is 12.3. The van der Waals surface area contributed by atoms with Crippen LogP contribution in [0.25, 0.3) is 0 Å². The summed E-state index contributed by atoms with van der Waals surface area (Å²) in [5.41, 5.74) is 6.45. The lowest BCUT2D eigenvalue weighted by atomic mass is 10.1. The van der Waals surface area contributed by atoms with Gasteiger partial charge in [0.1, 0.15) is 10.7 Å². The smallest absolute Gasteiger partial charge is 0.275 e. The van der Waals surface area contributed by atoms with Gasteiger partial charge in [0.25, 0.3) is 11.8 Å². The number of halogens is 2. The van der Waals surface area contributed by atoms with Crippen molar-refractivity contribution in [2.24, 2.45) is 5.73 Å². The predicted molar refractivity (Wildman–Crippen MR) is 99.3 cm³/mol. The van der Waals surface area contributed by atoms with E-state index < -0.39 is 5.91 Å². The van der Waals surface area contributed by atoms with Gasteiger partial charge in [-0.3, -0.25) is 9.59 Å². The Hall–Kier alpha value is -1.67. The maximum Gasteiger partial charge on any atom is 0.275 e. The van der Waals surface area contributed by atoms with Crippen LogP contribution in [0.3, 0.4) is 0 Å². The van der Waals surface area contributed by atoms with E-state index in [1.807, 2.05) is 6.92 Å². The zero-order valence-corrected chi connectivity index (χ0v) is 15.4. The van der Waals surface area contributed by atoms with Gasteiger partial charge in [-0.25, -0.2) is 4.98 Å². The molecule has 1 heterocycles. The van der Waals surface area contributed by atoms with Crippen LogP contribution in [0.4, 0.5) is 5.69 Å². The number of anilines is 1. The molecule has 0 bridgehead atoms. The lowest BCUT2D eigenvalue weighted by Crippen LogP contribution is -2.26. The number of thiazole rings is 1. The summed E-state index contributed by atoms with van der Waals surface area (Å²) in [5.74, 6) is -0.674. The number of nitrogens with one attached hydrogen (secondary N) is 2. The minimum Gasteiger partial charge on any atom is -0.352 e. The standard InChI is InChI=1S/C15H17ClN4O2S.ClH/c1-2-5-18-14(21)10-4-3-9(16)6-11(10)20-15(22)12-8-23-13(7-17)19-12;/h3-4,6,8H,2,5,7,17H2,1H3,(H,18,21)(H,20,22);1H. The number of carbonyl (C=O) groups is 2. The Labute approximate surface area is 155 Å². The second-order valence-electron chi connectivity index (χ2n) is 4.73. The summed E-state index contributed by atoms with van der Waals surface area (Å²) in [6.45, 7) is 2.79. The van der Waals surface area contributed by atoms with E-state index in [-0.39, 0.29) is 30.6 Å². The van der Waals surface area contributed by atoms with E-state index in [9.17, 15) is 9.59 Å². The molecule has 0 aliphatic heterocycles. The molecule has 1 aromatic carbocycles. The highest BCUT2D eigenvalue weighted by molar-refractivity contribution is 7.09. The van der Waals surface area contributed by atoms with Gasteiger partial charge in [-0.15, -0.1) is 23.7 Å². The molecule has 0 aliphatic carbocycles. The van der Waals surface area contributed by atoms with Crippen molar-refractivity contribution in [3.05, 3.63) is 44.9 Å². The van der Waals surface area contributed by atoms with Crippen LogP contribution in [0, 0.1) is 0 Å². The fraction of sp³-hybridized carbons (Fsp3) is 0.267. The Morgan fingerprint density at radius 1 is 1.33 bits per heavy atom. The molecule has 4 N–H and O–H groups in total. The van der Waals surface area contributed by atoms with Crippen LogP contribution < -0.4 is 16.4 Å². The van der Waals surface area contributed by atoms with Crippen LogP contribution in [0.2, 0.25) is 5.02 Å². The number of aromatic nitrogens is 1. The van der Waals surface area contributed by atoms with Gasteiger partial charge in [-0.2, -0.15) is 0 Å². The SMILES string of the molecule is CCCNC(=O)c1ccc(Cl)cc1NC(=O)c1csc(CN)n1.Cl. The van der Waals surface area contributed by atoms with Crippen molar-refractivity contribution in [1.82, 2.24) is 10.3 Å². The normalized spacial score (nSPS) is 9.96. The third-order valence-electron chi connectivity index (χ3n) is 2.97. The summed E-state index contributed by atoms with van der Waals surface area (Å²) in [5, 5.41) is 8.17. The lowest BCUT2D eigenvalue weighted by molar-refractivity contribution is 0.0954. The van der Waals surface area contributed by atoms with Crippen molar-refractivity contribution in [3.8, 4) is 0 Å². The third kappa shape index (κ3) is 5.17. The largest absolute Gasteiger partial charge is 0.352 e. The molecule has 0 aliphatic rings. The molecule has 0 fully saturated rings. The summed E-state index contributed by atoms with van der Waals surface area (Å²) >= 11 is 7.28. The number of hydrogen-bond acceptors (Lipinski definition) is 5. The number of hydrogen-bond donors (Lipinski definition) is 3. The molecule has 2 amide bonds. The minimum absolute atomic E-state index is 0. The van der Waals surface area contributed by atoms with Gasteiger partial charge in [-0.05, 0) is 24.6 Å². The highest BCUT2D eigenvalue weighted by atomic mass is 35.5. The van der Waals surface area contributed by atoms with Gasteiger partial charge in [0.05, 0.1) is 11.3 Å². The van der Waals surface area contributed by atoms with Crippen LogP contribution in [0.5, 0.6) is 0 Å². The number of nitrogens with zero attached hydrogens (tertiary/aromatic N) is 1. The Bertz CT molecular complexity index is 721. The minimum atomic E-state index is -0.409. The summed E-state index contributed by atoms with van der Waals surface area (Å²) in [4.78, 5) is 28.5. The number of nitrogens with two attached hydrogens (primary N) is 1. The number of rotatable bonds is 6. The molecule has 0 radical (unpaired) electrons. The van der Waals surface area contributed by atoms with Crippen LogP contribution in [0.1, 0.15) is 39.2 Å². The van der Waals surface area contributed by atoms with Crippen molar-refractivity contribution >= 4 is 52.8 Å². The van der Waals surface area contributed by atoms with Crippen LogP contribution in [-0.4, -0.2) is 23.3 Å². The molecule has 0 spiro atoms. The van der Waals surface area contributed by atoms with E-state index in [1.165, 1.54) is 17.4 Å². The Morgan fingerprint density at radius 3 is 2.71 bits per heavy atom. The molecule has 6 nitrogen and oxygen atoms in total. The molecule has 0 saturated heterocycles. The van der Waals surface area contributed by atoms with Crippen LogP contribution in [-0.2, 0) is 6.54 Å². The molecule has 0 unspecified atom stereocenters. The van der Waals surface area contributed by atoms with Gasteiger partial charge in [0, 0.05) is 23.5 Å². The van der Waals surface area contributed by atoms with E-state index in [0.717, 1.165) is 6.42 Å². The monoisotopic (exact) mass is 388 g/mol. The van der Waals surface area contributed by atoms with Gasteiger partial charge in [0.15, 0.2) is 0 Å². The quantitative estimate of drug-likeness (QED) is 0.707. The summed E-state index contributed by atoms with van der Waals surface area (Å²) in [7, 11) is 0. The predicted octanol–water partition coefficient (Wildman–Crippen LogP) is 3.07. The van der Waals surface area contributed by atoms with E-state index in [0.29, 0.717) is 27.8 Å². The van der Waals surface area contributed by atoms with E-state index >= 15 is 0 Å². The molecule has 1 aromatic heterocycles. The van der Waals surface area contributed by atoms with Gasteiger partial charge >= 0.3 is 0 Å². The third-order valence-corrected chi connectivity index (χ3v) is 4.08. The van der Waals surface area contributed by atoms with Gasteiger partial charge in [-0.1, -0.05) is 18.5 Å². The highest BCUT2D eigenvalue weighted by Crippen LogP contribution is 2.22. The van der Waals surface area contributed by atoms with Crippen LogP contribution >= 0.6 is 35.3 Å². The average molecular weight is 389 g/mol. The summed E-state index contributed by atoms with van der Waals surface area (Å²) in [6, 6.07) is 4.72. The second-order valence-corrected chi connectivity index (χ2v) is 6.11. The Morgan fingerprint density at radius 2 is 2.08 bits per heavy atom. The van der Waals surface area contributed by atoms with Crippen molar-refractivity contribution in [1.29, 1.82) is 0 Å². The molecule has 2 aromatic rings. The Kier molecular flexibility index (Phi) is 8.14. The molecule has 0 saturated carbocycles. The zero-order chi connectivity index (χ0) is 16.8. The number of benzene rings is 1. The molecule has 0 atom stereocenters. The first-order valence-electron chi connectivity index (χ1n) is 7.08. The molecular formula is C15H18Cl2N4O2S. The number of amides is 2. The van der Waals surface area contributed by atoms with Crippen LogP contribution in [0.15, 0.2) is 23.6 Å². The Balaban J connectivity index is 0.00000288. The first kappa shape index (κ1) is 20.4. The van der Waals surface area contributed by atoms with Crippen molar-refractivity contribution in [3.63, 3.8) is 0 Å². The molecule has 24 heavy (non-hydrogen) atoms. The average Bonchev–Trinajstić information content (AvgIpc) is 3.02. The van der Waals surface area contributed by atoms with Crippen molar-refractivity contribution in [2.75, 3.05) is 11.9 Å². The molecular weight excluding hydrogens is 371 g/mol. The zero-order valence-electron chi connectivity index (χ0n) is 13.0. The van der Waals surface area contributed by atoms with E-state index in [2.05, 4.69) is 15.6 Å². The fourth-order valence-corrected chi connectivity index (χ4v) is 2.67. The lowest BCUT2D eigenvalue weighted by Gasteiger charge is -2.11. The van der Waals surface area contributed by atoms with E-state index in [4.69, 9.17) is 17.3 Å². The van der Waals surface area contributed by atoms with Crippen molar-refractivity contribution in [2.45, 2.75) is 19.9 Å². The first-order chi connectivity index (χ1) is 11.0. The van der Waals surface area contributed by atoms with Gasteiger partial charge in [0.2, 0.25) is 0 Å². The molecule has 9 heteroatoms.